The number of aliphatic hydroxyl groups excluding tert-OH is 1. The third-order valence-electron chi connectivity index (χ3n) is 4.21. The van der Waals surface area contributed by atoms with E-state index in [0.717, 1.165) is 24.8 Å². The standard InChI is InChI=1S/C16H18N2O2/c19-12-16(8-4-9-16)11-18-14(20)7-10-17-15(18)13-5-2-1-3-6-13/h1-3,5-7,10,19H,4,8-9,11-12H2. The lowest BCUT2D eigenvalue weighted by molar-refractivity contribution is 0.0269. The van der Waals surface area contributed by atoms with Crippen LogP contribution in [0.4, 0.5) is 0 Å². The summed E-state index contributed by atoms with van der Waals surface area (Å²) in [4.78, 5) is 16.6. The molecule has 0 aliphatic heterocycles. The van der Waals surface area contributed by atoms with Crippen LogP contribution in [-0.4, -0.2) is 21.3 Å². The van der Waals surface area contributed by atoms with Crippen LogP contribution < -0.4 is 5.56 Å². The number of nitrogens with zero attached hydrogens (tertiary/aromatic N) is 2. The highest BCUT2D eigenvalue weighted by Crippen LogP contribution is 2.42. The van der Waals surface area contributed by atoms with Crippen LogP contribution in [0, 0.1) is 5.41 Å². The van der Waals surface area contributed by atoms with Crippen molar-refractivity contribution in [3.8, 4) is 11.4 Å². The highest BCUT2D eigenvalue weighted by atomic mass is 16.3. The average Bonchev–Trinajstić information content (AvgIpc) is 2.45. The van der Waals surface area contributed by atoms with E-state index in [9.17, 15) is 9.90 Å². The fourth-order valence-corrected chi connectivity index (χ4v) is 2.78. The Labute approximate surface area is 117 Å². The lowest BCUT2D eigenvalue weighted by Gasteiger charge is -2.40. The lowest BCUT2D eigenvalue weighted by atomic mass is 9.69. The summed E-state index contributed by atoms with van der Waals surface area (Å²) in [7, 11) is 0. The highest BCUT2D eigenvalue weighted by Gasteiger charge is 2.37. The Bertz CT molecular complexity index is 640. The van der Waals surface area contributed by atoms with E-state index < -0.39 is 0 Å². The number of rotatable bonds is 4. The summed E-state index contributed by atoms with van der Waals surface area (Å²) in [5.41, 5.74) is 0.729. The molecule has 4 heteroatoms. The van der Waals surface area contributed by atoms with Crippen LogP contribution >= 0.6 is 0 Å². The summed E-state index contributed by atoms with van der Waals surface area (Å²) in [5.74, 6) is 0.679. The summed E-state index contributed by atoms with van der Waals surface area (Å²) in [6.45, 7) is 0.670. The van der Waals surface area contributed by atoms with Gasteiger partial charge in [0.1, 0.15) is 5.82 Å². The van der Waals surface area contributed by atoms with E-state index in [1.165, 1.54) is 6.07 Å². The fraction of sp³-hybridized carbons (Fsp3) is 0.375. The Balaban J connectivity index is 2.04. The molecule has 1 aromatic carbocycles. The molecule has 0 atom stereocenters. The number of hydrogen-bond acceptors (Lipinski definition) is 3. The largest absolute Gasteiger partial charge is 0.396 e. The monoisotopic (exact) mass is 270 g/mol. The quantitative estimate of drug-likeness (QED) is 0.925. The van der Waals surface area contributed by atoms with Crippen molar-refractivity contribution >= 4 is 0 Å². The van der Waals surface area contributed by atoms with Gasteiger partial charge in [0.25, 0.3) is 5.56 Å². The van der Waals surface area contributed by atoms with E-state index in [0.29, 0.717) is 12.4 Å². The maximum Gasteiger partial charge on any atom is 0.253 e. The first-order chi connectivity index (χ1) is 9.74. The third kappa shape index (κ3) is 2.27. The van der Waals surface area contributed by atoms with Gasteiger partial charge in [-0.1, -0.05) is 36.8 Å². The zero-order chi connectivity index (χ0) is 14.0. The van der Waals surface area contributed by atoms with Gasteiger partial charge >= 0.3 is 0 Å². The Kier molecular flexibility index (Phi) is 3.40. The van der Waals surface area contributed by atoms with Gasteiger partial charge in [-0.15, -0.1) is 0 Å². The minimum absolute atomic E-state index is 0.0569. The molecule has 0 bridgehead atoms. The molecule has 20 heavy (non-hydrogen) atoms. The number of aliphatic hydroxyl groups is 1. The Morgan fingerprint density at radius 2 is 1.95 bits per heavy atom. The van der Waals surface area contributed by atoms with Gasteiger partial charge in [0.15, 0.2) is 0 Å². The van der Waals surface area contributed by atoms with Crippen molar-refractivity contribution in [1.29, 1.82) is 0 Å². The first-order valence-electron chi connectivity index (χ1n) is 6.96. The molecule has 1 N–H and O–H groups in total. The van der Waals surface area contributed by atoms with Crippen molar-refractivity contribution in [2.24, 2.45) is 5.41 Å². The van der Waals surface area contributed by atoms with Gasteiger partial charge in [0.05, 0.1) is 6.61 Å². The van der Waals surface area contributed by atoms with Crippen LogP contribution in [0.1, 0.15) is 19.3 Å². The molecule has 0 spiro atoms. The summed E-state index contributed by atoms with van der Waals surface area (Å²) in [6.07, 6.45) is 4.61. The van der Waals surface area contributed by atoms with E-state index in [4.69, 9.17) is 0 Å². The van der Waals surface area contributed by atoms with Crippen LogP contribution in [-0.2, 0) is 6.54 Å². The molecule has 1 saturated carbocycles. The Morgan fingerprint density at radius 3 is 2.55 bits per heavy atom. The van der Waals surface area contributed by atoms with Gasteiger partial charge in [0, 0.05) is 29.8 Å². The second kappa shape index (κ2) is 5.21. The minimum Gasteiger partial charge on any atom is -0.396 e. The number of hydrogen-bond donors (Lipinski definition) is 1. The van der Waals surface area contributed by atoms with Crippen molar-refractivity contribution in [1.82, 2.24) is 9.55 Å². The van der Waals surface area contributed by atoms with E-state index in [1.807, 2.05) is 30.3 Å². The maximum absolute atomic E-state index is 12.2. The topological polar surface area (TPSA) is 55.1 Å². The molecule has 0 saturated heterocycles. The molecule has 104 valence electrons. The second-order valence-electron chi connectivity index (χ2n) is 5.57. The van der Waals surface area contributed by atoms with Crippen molar-refractivity contribution in [3.05, 3.63) is 52.9 Å². The van der Waals surface area contributed by atoms with Gasteiger partial charge in [-0.05, 0) is 12.8 Å². The molecular formula is C16H18N2O2. The van der Waals surface area contributed by atoms with Crippen molar-refractivity contribution < 1.29 is 5.11 Å². The van der Waals surface area contributed by atoms with Crippen LogP contribution in [0.2, 0.25) is 0 Å². The summed E-state index contributed by atoms with van der Waals surface area (Å²) < 4.78 is 1.70. The Morgan fingerprint density at radius 1 is 1.20 bits per heavy atom. The second-order valence-corrected chi connectivity index (χ2v) is 5.57. The molecule has 1 aliphatic rings. The van der Waals surface area contributed by atoms with Crippen LogP contribution in [0.15, 0.2) is 47.4 Å². The predicted octanol–water partition coefficient (Wildman–Crippen LogP) is 2.07. The van der Waals surface area contributed by atoms with Crippen molar-refractivity contribution in [2.45, 2.75) is 25.8 Å². The average molecular weight is 270 g/mol. The van der Waals surface area contributed by atoms with Crippen LogP contribution in [0.5, 0.6) is 0 Å². The van der Waals surface area contributed by atoms with E-state index in [-0.39, 0.29) is 17.6 Å². The molecule has 1 heterocycles. The lowest BCUT2D eigenvalue weighted by Crippen LogP contribution is -2.41. The maximum atomic E-state index is 12.2. The smallest absolute Gasteiger partial charge is 0.253 e. The molecule has 1 fully saturated rings. The van der Waals surface area contributed by atoms with Gasteiger partial charge in [-0.2, -0.15) is 0 Å². The van der Waals surface area contributed by atoms with Gasteiger partial charge in [-0.3, -0.25) is 9.36 Å². The molecule has 0 radical (unpaired) electrons. The van der Waals surface area contributed by atoms with Gasteiger partial charge in [0.2, 0.25) is 0 Å². The van der Waals surface area contributed by atoms with Crippen molar-refractivity contribution in [2.75, 3.05) is 6.61 Å². The SMILES string of the molecule is O=c1ccnc(-c2ccccc2)n1CC1(CO)CCC1. The molecule has 4 nitrogen and oxygen atoms in total. The fourth-order valence-electron chi connectivity index (χ4n) is 2.78. The summed E-state index contributed by atoms with van der Waals surface area (Å²) >= 11 is 0. The third-order valence-corrected chi connectivity index (χ3v) is 4.21. The zero-order valence-electron chi connectivity index (χ0n) is 11.3. The summed E-state index contributed by atoms with van der Waals surface area (Å²) in [5, 5.41) is 9.61. The summed E-state index contributed by atoms with van der Waals surface area (Å²) in [6, 6.07) is 11.2. The molecule has 0 amide bonds. The van der Waals surface area contributed by atoms with Gasteiger partial charge < -0.3 is 5.11 Å². The molecule has 2 aromatic rings. The molecule has 3 rings (SSSR count). The first-order valence-corrected chi connectivity index (χ1v) is 6.96. The number of benzene rings is 1. The van der Waals surface area contributed by atoms with E-state index >= 15 is 0 Å². The predicted molar refractivity (Wildman–Crippen MR) is 77.3 cm³/mol. The normalized spacial score (nSPS) is 16.6. The van der Waals surface area contributed by atoms with E-state index in [2.05, 4.69) is 4.98 Å². The van der Waals surface area contributed by atoms with Crippen molar-refractivity contribution in [3.63, 3.8) is 0 Å². The molecule has 0 unspecified atom stereocenters. The minimum atomic E-state index is -0.142. The molecule has 1 aliphatic carbocycles. The number of aromatic nitrogens is 2. The first kappa shape index (κ1) is 13.1. The zero-order valence-corrected chi connectivity index (χ0v) is 11.3. The van der Waals surface area contributed by atoms with Crippen LogP contribution in [0.25, 0.3) is 11.4 Å². The van der Waals surface area contributed by atoms with E-state index in [1.54, 1.807) is 10.8 Å². The van der Waals surface area contributed by atoms with Gasteiger partial charge in [-0.25, -0.2) is 4.98 Å². The van der Waals surface area contributed by atoms with Crippen LogP contribution in [0.3, 0.4) is 0 Å². The molecular weight excluding hydrogens is 252 g/mol. The molecule has 1 aromatic heterocycles. The highest BCUT2D eigenvalue weighted by molar-refractivity contribution is 5.54. The Hall–Kier alpha value is -1.94.